The van der Waals surface area contributed by atoms with Crippen LogP contribution in [-0.4, -0.2) is 18.2 Å². The van der Waals surface area contributed by atoms with Gasteiger partial charge in [0.15, 0.2) is 5.03 Å². The lowest BCUT2D eigenvalue weighted by Crippen LogP contribution is -2.19. The lowest BCUT2D eigenvalue weighted by molar-refractivity contribution is 0.449. The SMILES string of the molecule is CC(C)Cn1nccc1S(N)(=O)=O. The summed E-state index contributed by atoms with van der Waals surface area (Å²) in [6, 6.07) is 1.40. The van der Waals surface area contributed by atoms with E-state index in [0.717, 1.165) is 0 Å². The van der Waals surface area contributed by atoms with Gasteiger partial charge in [0, 0.05) is 6.54 Å². The molecule has 6 heteroatoms. The molecule has 0 bridgehead atoms. The highest BCUT2D eigenvalue weighted by molar-refractivity contribution is 7.89. The minimum atomic E-state index is -3.64. The third-order valence-electron chi connectivity index (χ3n) is 1.51. The van der Waals surface area contributed by atoms with Crippen molar-refractivity contribution in [2.45, 2.75) is 25.4 Å². The predicted molar refractivity (Wildman–Crippen MR) is 48.4 cm³/mol. The van der Waals surface area contributed by atoms with Crippen LogP contribution in [0, 0.1) is 5.92 Å². The van der Waals surface area contributed by atoms with Crippen LogP contribution in [0.5, 0.6) is 0 Å². The maximum absolute atomic E-state index is 11.0. The second-order valence-electron chi connectivity index (χ2n) is 3.29. The van der Waals surface area contributed by atoms with Gasteiger partial charge in [0.1, 0.15) is 0 Å². The molecule has 1 heterocycles. The Morgan fingerprint density at radius 3 is 2.69 bits per heavy atom. The van der Waals surface area contributed by atoms with Crippen LogP contribution in [0.3, 0.4) is 0 Å². The molecular formula is C7H13N3O2S. The molecule has 1 aromatic heterocycles. The van der Waals surface area contributed by atoms with Crippen molar-refractivity contribution < 1.29 is 8.42 Å². The maximum Gasteiger partial charge on any atom is 0.255 e. The first-order valence-electron chi connectivity index (χ1n) is 3.96. The topological polar surface area (TPSA) is 78.0 Å². The normalized spacial score (nSPS) is 12.3. The number of hydrogen-bond acceptors (Lipinski definition) is 3. The van der Waals surface area contributed by atoms with Gasteiger partial charge in [-0.1, -0.05) is 13.8 Å². The highest BCUT2D eigenvalue weighted by atomic mass is 32.2. The minimum absolute atomic E-state index is 0.0706. The van der Waals surface area contributed by atoms with E-state index in [0.29, 0.717) is 12.5 Å². The molecule has 0 aliphatic heterocycles. The highest BCUT2D eigenvalue weighted by Crippen LogP contribution is 2.07. The van der Waals surface area contributed by atoms with E-state index in [1.807, 2.05) is 13.8 Å². The first kappa shape index (κ1) is 10.2. The lowest BCUT2D eigenvalue weighted by atomic mass is 10.2. The first-order valence-corrected chi connectivity index (χ1v) is 5.50. The fourth-order valence-electron chi connectivity index (χ4n) is 1.05. The lowest BCUT2D eigenvalue weighted by Gasteiger charge is -2.07. The van der Waals surface area contributed by atoms with Crippen molar-refractivity contribution in [3.63, 3.8) is 0 Å². The van der Waals surface area contributed by atoms with E-state index in [1.54, 1.807) is 0 Å². The average molecular weight is 203 g/mol. The van der Waals surface area contributed by atoms with Crippen LogP contribution < -0.4 is 5.14 Å². The van der Waals surface area contributed by atoms with Crippen molar-refractivity contribution in [2.24, 2.45) is 11.1 Å². The second-order valence-corrected chi connectivity index (χ2v) is 4.80. The Bertz CT molecular complexity index is 380. The monoisotopic (exact) mass is 203 g/mol. The molecule has 0 atom stereocenters. The summed E-state index contributed by atoms with van der Waals surface area (Å²) in [5.41, 5.74) is 0. The molecule has 1 aromatic rings. The molecule has 2 N–H and O–H groups in total. The van der Waals surface area contributed by atoms with Gasteiger partial charge < -0.3 is 0 Å². The molecule has 0 fully saturated rings. The van der Waals surface area contributed by atoms with E-state index in [-0.39, 0.29) is 5.03 Å². The Labute approximate surface area is 77.6 Å². The number of primary sulfonamides is 1. The van der Waals surface area contributed by atoms with E-state index in [1.165, 1.54) is 16.9 Å². The van der Waals surface area contributed by atoms with Crippen molar-refractivity contribution in [3.05, 3.63) is 12.3 Å². The molecule has 0 aliphatic carbocycles. The van der Waals surface area contributed by atoms with E-state index in [2.05, 4.69) is 5.10 Å². The standard InChI is InChI=1S/C7H13N3O2S/c1-6(2)5-10-7(3-4-9-10)13(8,11)12/h3-4,6H,5H2,1-2H3,(H2,8,11,12). The van der Waals surface area contributed by atoms with E-state index >= 15 is 0 Å². The summed E-state index contributed by atoms with van der Waals surface area (Å²) in [5, 5.41) is 8.94. The predicted octanol–water partition coefficient (Wildman–Crippen LogP) is 0.186. The highest BCUT2D eigenvalue weighted by Gasteiger charge is 2.14. The van der Waals surface area contributed by atoms with Gasteiger partial charge in [0.2, 0.25) is 0 Å². The number of nitrogens with zero attached hydrogens (tertiary/aromatic N) is 2. The smallest absolute Gasteiger partial charge is 0.253 e. The molecule has 0 unspecified atom stereocenters. The fraction of sp³-hybridized carbons (Fsp3) is 0.571. The Balaban J connectivity index is 3.04. The Morgan fingerprint density at radius 2 is 2.23 bits per heavy atom. The summed E-state index contributed by atoms with van der Waals surface area (Å²) in [7, 11) is -3.64. The second kappa shape index (κ2) is 3.47. The molecule has 1 rings (SSSR count). The number of hydrogen-bond donors (Lipinski definition) is 1. The van der Waals surface area contributed by atoms with Crippen LogP contribution >= 0.6 is 0 Å². The number of nitrogens with two attached hydrogens (primary N) is 1. The summed E-state index contributed by atoms with van der Waals surface area (Å²) in [6.07, 6.45) is 1.43. The van der Waals surface area contributed by atoms with Gasteiger partial charge in [-0.25, -0.2) is 13.6 Å². The van der Waals surface area contributed by atoms with Gasteiger partial charge in [0.05, 0.1) is 6.20 Å². The van der Waals surface area contributed by atoms with Crippen LogP contribution in [0.15, 0.2) is 17.3 Å². The number of sulfonamides is 1. The molecule has 5 nitrogen and oxygen atoms in total. The van der Waals surface area contributed by atoms with Gasteiger partial charge in [-0.05, 0) is 12.0 Å². The molecule has 0 aromatic carbocycles. The zero-order valence-corrected chi connectivity index (χ0v) is 8.45. The molecule has 0 spiro atoms. The maximum atomic E-state index is 11.0. The zero-order chi connectivity index (χ0) is 10.1. The van der Waals surface area contributed by atoms with E-state index in [4.69, 9.17) is 5.14 Å². The van der Waals surface area contributed by atoms with Gasteiger partial charge in [-0.15, -0.1) is 0 Å². The van der Waals surface area contributed by atoms with Crippen LogP contribution in [0.2, 0.25) is 0 Å². The molecule has 0 amide bonds. The number of aromatic nitrogens is 2. The summed E-state index contributed by atoms with van der Waals surface area (Å²) >= 11 is 0. The molecule has 0 saturated heterocycles. The molecule has 74 valence electrons. The summed E-state index contributed by atoms with van der Waals surface area (Å²) in [5.74, 6) is 0.334. The van der Waals surface area contributed by atoms with Crippen molar-refractivity contribution in [1.82, 2.24) is 9.78 Å². The largest absolute Gasteiger partial charge is 0.255 e. The molecule has 0 saturated carbocycles. The van der Waals surface area contributed by atoms with Crippen LogP contribution in [0.1, 0.15) is 13.8 Å². The van der Waals surface area contributed by atoms with Crippen LogP contribution in [0.25, 0.3) is 0 Å². The zero-order valence-electron chi connectivity index (χ0n) is 7.64. The van der Waals surface area contributed by atoms with Crippen molar-refractivity contribution in [2.75, 3.05) is 0 Å². The minimum Gasteiger partial charge on any atom is -0.253 e. The summed E-state index contributed by atoms with van der Waals surface area (Å²) in [6.45, 7) is 4.52. The summed E-state index contributed by atoms with van der Waals surface area (Å²) in [4.78, 5) is 0. The van der Waals surface area contributed by atoms with Crippen LogP contribution in [-0.2, 0) is 16.6 Å². The third-order valence-corrected chi connectivity index (χ3v) is 2.44. The Morgan fingerprint density at radius 1 is 1.62 bits per heavy atom. The molecule has 0 aliphatic rings. The number of rotatable bonds is 3. The van der Waals surface area contributed by atoms with E-state index < -0.39 is 10.0 Å². The van der Waals surface area contributed by atoms with Gasteiger partial charge >= 0.3 is 0 Å². The van der Waals surface area contributed by atoms with Gasteiger partial charge in [0.25, 0.3) is 10.0 Å². The fourth-order valence-corrected chi connectivity index (χ4v) is 1.71. The Kier molecular flexibility index (Phi) is 2.72. The summed E-state index contributed by atoms with van der Waals surface area (Å²) < 4.78 is 23.4. The quantitative estimate of drug-likeness (QED) is 0.761. The van der Waals surface area contributed by atoms with E-state index in [9.17, 15) is 8.42 Å². The van der Waals surface area contributed by atoms with Gasteiger partial charge in [-0.3, -0.25) is 4.68 Å². The molecule has 13 heavy (non-hydrogen) atoms. The van der Waals surface area contributed by atoms with Crippen molar-refractivity contribution in [3.8, 4) is 0 Å². The van der Waals surface area contributed by atoms with Crippen molar-refractivity contribution in [1.29, 1.82) is 0 Å². The molecular weight excluding hydrogens is 190 g/mol. The average Bonchev–Trinajstić information content (AvgIpc) is 2.31. The first-order chi connectivity index (χ1) is 5.91. The Hall–Kier alpha value is -0.880. The van der Waals surface area contributed by atoms with Crippen molar-refractivity contribution >= 4 is 10.0 Å². The van der Waals surface area contributed by atoms with Crippen LogP contribution in [0.4, 0.5) is 0 Å². The van der Waals surface area contributed by atoms with Gasteiger partial charge in [-0.2, -0.15) is 5.10 Å². The molecule has 0 radical (unpaired) electrons. The third kappa shape index (κ3) is 2.53.